The van der Waals surface area contributed by atoms with Gasteiger partial charge in [-0.05, 0) is 62.7 Å². The Morgan fingerprint density at radius 1 is 1.04 bits per heavy atom. The number of carbonyl (C=O) groups is 1. The summed E-state index contributed by atoms with van der Waals surface area (Å²) in [6.45, 7) is 7.34. The number of nitrogens with zero attached hydrogens (tertiary/aromatic N) is 4. The van der Waals surface area contributed by atoms with Crippen LogP contribution in [0.3, 0.4) is 0 Å². The molecule has 3 heterocycles. The molecule has 1 amide bonds. The number of halogens is 1. The number of likely N-dealkylation sites (N-methyl/N-ethyl adjacent to an activating group) is 1. The number of methoxy groups -OCH3 is 2. The van der Waals surface area contributed by atoms with Crippen molar-refractivity contribution in [2.24, 2.45) is 4.99 Å². The molecule has 1 atom stereocenters. The van der Waals surface area contributed by atoms with E-state index in [9.17, 15) is 9.59 Å². The van der Waals surface area contributed by atoms with Crippen LogP contribution in [0.4, 0.5) is 0 Å². The summed E-state index contributed by atoms with van der Waals surface area (Å²) in [5.74, 6) is 0.967. The van der Waals surface area contributed by atoms with Crippen molar-refractivity contribution in [3.63, 3.8) is 0 Å². The van der Waals surface area contributed by atoms with E-state index in [0.717, 1.165) is 22.0 Å². The number of hydrogen-bond acceptors (Lipinski definition) is 6. The first-order valence-corrected chi connectivity index (χ1v) is 16.3. The maximum Gasteiger partial charge on any atom is 0.271 e. The van der Waals surface area contributed by atoms with Crippen molar-refractivity contribution in [2.75, 3.05) is 27.3 Å². The highest BCUT2D eigenvalue weighted by atomic mass is 35.5. The highest BCUT2D eigenvalue weighted by molar-refractivity contribution is 7.07. The van der Waals surface area contributed by atoms with Crippen molar-refractivity contribution in [3.05, 3.63) is 126 Å². The summed E-state index contributed by atoms with van der Waals surface area (Å²) in [7, 11) is 3.16. The number of rotatable bonds is 9. The van der Waals surface area contributed by atoms with Crippen molar-refractivity contribution in [1.82, 2.24) is 14.0 Å². The maximum absolute atomic E-state index is 14.5. The van der Waals surface area contributed by atoms with Gasteiger partial charge in [-0.3, -0.25) is 14.2 Å². The summed E-state index contributed by atoms with van der Waals surface area (Å²) in [5.41, 5.74) is 4.35. The lowest BCUT2D eigenvalue weighted by Crippen LogP contribution is -2.43. The molecule has 0 bridgehead atoms. The number of para-hydroxylation sites is 1. The Morgan fingerprint density at radius 2 is 1.78 bits per heavy atom. The van der Waals surface area contributed by atoms with Crippen LogP contribution in [0.25, 0.3) is 17.0 Å². The van der Waals surface area contributed by atoms with Crippen LogP contribution in [0, 0.1) is 0 Å². The second-order valence-electron chi connectivity index (χ2n) is 11.0. The monoisotopic (exact) mass is 654 g/mol. The highest BCUT2D eigenvalue weighted by Gasteiger charge is 2.36. The Labute approximate surface area is 276 Å². The van der Waals surface area contributed by atoms with Gasteiger partial charge in [0.2, 0.25) is 0 Å². The molecule has 0 saturated carbocycles. The van der Waals surface area contributed by atoms with E-state index in [2.05, 4.69) is 22.9 Å². The van der Waals surface area contributed by atoms with Crippen LogP contribution < -0.4 is 24.4 Å². The zero-order chi connectivity index (χ0) is 32.5. The number of benzene rings is 3. The molecule has 236 valence electrons. The fourth-order valence-corrected chi connectivity index (χ4v) is 7.33. The molecule has 5 aromatic rings. The first-order valence-electron chi connectivity index (χ1n) is 15.1. The molecule has 0 spiro atoms. The Hall–Kier alpha value is -4.60. The predicted octanol–water partition coefficient (Wildman–Crippen LogP) is 5.78. The molecular weight excluding hydrogens is 620 g/mol. The summed E-state index contributed by atoms with van der Waals surface area (Å²) in [5, 5.41) is 1.72. The van der Waals surface area contributed by atoms with Gasteiger partial charge in [0.25, 0.3) is 11.5 Å². The smallest absolute Gasteiger partial charge is 0.271 e. The van der Waals surface area contributed by atoms with E-state index >= 15 is 0 Å². The van der Waals surface area contributed by atoms with Gasteiger partial charge in [-0.2, -0.15) is 0 Å². The van der Waals surface area contributed by atoms with Crippen molar-refractivity contribution >= 4 is 45.8 Å². The number of amides is 1. The lowest BCUT2D eigenvalue weighted by Gasteiger charge is -2.30. The zero-order valence-corrected chi connectivity index (χ0v) is 28.0. The Kier molecular flexibility index (Phi) is 8.88. The van der Waals surface area contributed by atoms with Gasteiger partial charge in [0, 0.05) is 52.9 Å². The molecule has 10 heteroatoms. The minimum atomic E-state index is -0.766. The molecule has 1 aliphatic heterocycles. The zero-order valence-electron chi connectivity index (χ0n) is 26.4. The number of thiazole rings is 1. The molecule has 1 aliphatic rings. The molecule has 6 rings (SSSR count). The van der Waals surface area contributed by atoms with Gasteiger partial charge in [0.15, 0.2) is 4.80 Å². The van der Waals surface area contributed by atoms with Crippen LogP contribution in [0.5, 0.6) is 11.5 Å². The fourth-order valence-electron chi connectivity index (χ4n) is 6.10. The standard InChI is InChI=1S/C36H35ClN4O4S/c1-6-39(7-2)35(43)32-22(3)38-36-41(33(32)27-19-25(44-4)16-17-30(27)45-5)34(42)31(46-36)18-24-21-40(29-15-11-9-13-26(24)29)20-23-12-8-10-14-28(23)37/h8-19,21,33H,6-7,20H2,1-5H3/b31-18+/t33-/m0/s1. The molecule has 3 aromatic carbocycles. The van der Waals surface area contributed by atoms with Crippen molar-refractivity contribution < 1.29 is 14.3 Å². The van der Waals surface area contributed by atoms with Crippen molar-refractivity contribution in [3.8, 4) is 11.5 Å². The van der Waals surface area contributed by atoms with Gasteiger partial charge in [-0.15, -0.1) is 0 Å². The molecule has 0 N–H and O–H groups in total. The quantitative estimate of drug-likeness (QED) is 0.202. The van der Waals surface area contributed by atoms with E-state index < -0.39 is 6.04 Å². The van der Waals surface area contributed by atoms with Crippen molar-refractivity contribution in [2.45, 2.75) is 33.4 Å². The third-order valence-corrected chi connectivity index (χ3v) is 9.79. The van der Waals surface area contributed by atoms with Crippen LogP contribution in [-0.4, -0.2) is 47.3 Å². The Morgan fingerprint density at radius 3 is 2.50 bits per heavy atom. The number of hydrogen-bond donors (Lipinski definition) is 0. The molecular formula is C36H35ClN4O4S. The van der Waals surface area contributed by atoms with E-state index in [0.29, 0.717) is 62.3 Å². The molecule has 0 unspecified atom stereocenters. The first kappa shape index (κ1) is 31.4. The van der Waals surface area contributed by atoms with Gasteiger partial charge in [0.05, 0.1) is 30.0 Å². The fraction of sp³-hybridized carbons (Fsp3) is 0.250. The lowest BCUT2D eigenvalue weighted by molar-refractivity contribution is -0.127. The van der Waals surface area contributed by atoms with Gasteiger partial charge < -0.3 is 18.9 Å². The number of fused-ring (bicyclic) bond motifs is 2. The maximum atomic E-state index is 14.5. The SMILES string of the molecule is CCN(CC)C(=O)C1=C(C)N=c2s/c(=C/c3cn(Cc4ccccc4Cl)c4ccccc34)c(=O)n2[C@H]1c1cc(OC)ccc1OC. The average molecular weight is 655 g/mol. The van der Waals surface area contributed by atoms with Crippen LogP contribution in [0.2, 0.25) is 5.02 Å². The summed E-state index contributed by atoms with van der Waals surface area (Å²) in [6, 6.07) is 20.6. The molecule has 8 nitrogen and oxygen atoms in total. The van der Waals surface area contributed by atoms with Crippen LogP contribution in [0.15, 0.2) is 94.0 Å². The second kappa shape index (κ2) is 13.0. The molecule has 46 heavy (non-hydrogen) atoms. The molecule has 0 radical (unpaired) electrons. The average Bonchev–Trinajstić information content (AvgIpc) is 3.57. The van der Waals surface area contributed by atoms with E-state index in [-0.39, 0.29) is 11.5 Å². The number of allylic oxidation sites excluding steroid dienone is 1. The largest absolute Gasteiger partial charge is 0.497 e. The summed E-state index contributed by atoms with van der Waals surface area (Å²) in [6.07, 6.45) is 3.97. The number of aromatic nitrogens is 2. The second-order valence-corrected chi connectivity index (χ2v) is 12.4. The first-order chi connectivity index (χ1) is 22.3. The highest BCUT2D eigenvalue weighted by Crippen LogP contribution is 2.38. The lowest BCUT2D eigenvalue weighted by atomic mass is 9.93. The third-order valence-electron chi connectivity index (χ3n) is 8.44. The van der Waals surface area contributed by atoms with E-state index in [1.807, 2.05) is 69.3 Å². The molecule has 0 fully saturated rings. The number of ether oxygens (including phenoxy) is 2. The van der Waals surface area contributed by atoms with E-state index in [4.69, 9.17) is 26.1 Å². The third kappa shape index (κ3) is 5.54. The minimum Gasteiger partial charge on any atom is -0.497 e. The van der Waals surface area contributed by atoms with Crippen LogP contribution >= 0.6 is 22.9 Å². The number of carbonyl (C=O) groups excluding carboxylic acids is 1. The summed E-state index contributed by atoms with van der Waals surface area (Å²) >= 11 is 7.81. The van der Waals surface area contributed by atoms with Crippen molar-refractivity contribution in [1.29, 1.82) is 0 Å². The topological polar surface area (TPSA) is 78.1 Å². The van der Waals surface area contributed by atoms with Gasteiger partial charge in [0.1, 0.15) is 17.5 Å². The minimum absolute atomic E-state index is 0.168. The molecule has 2 aromatic heterocycles. The van der Waals surface area contributed by atoms with Gasteiger partial charge in [-0.1, -0.05) is 59.3 Å². The summed E-state index contributed by atoms with van der Waals surface area (Å²) in [4.78, 5) is 35.6. The van der Waals surface area contributed by atoms with Gasteiger partial charge >= 0.3 is 0 Å². The van der Waals surface area contributed by atoms with E-state index in [1.54, 1.807) is 35.8 Å². The summed E-state index contributed by atoms with van der Waals surface area (Å²) < 4.78 is 15.6. The molecule has 0 saturated heterocycles. The van der Waals surface area contributed by atoms with E-state index in [1.165, 1.54) is 11.3 Å². The normalized spacial score (nSPS) is 14.7. The Bertz CT molecular complexity index is 2170. The van der Waals surface area contributed by atoms with Gasteiger partial charge in [-0.25, -0.2) is 4.99 Å². The predicted molar refractivity (Wildman–Crippen MR) is 184 cm³/mol. The Balaban J connectivity index is 1.56. The molecule has 0 aliphatic carbocycles. The van der Waals surface area contributed by atoms with Crippen LogP contribution in [0.1, 0.15) is 43.5 Å². The van der Waals surface area contributed by atoms with Crippen LogP contribution in [-0.2, 0) is 11.3 Å².